The summed E-state index contributed by atoms with van der Waals surface area (Å²) >= 11 is 1.42. The molecule has 1 amide bonds. The number of aliphatic carboxylic acids is 1. The molecule has 0 radical (unpaired) electrons. The van der Waals surface area contributed by atoms with E-state index >= 15 is 0 Å². The number of carboxylic acids is 1. The van der Waals surface area contributed by atoms with Crippen LogP contribution in [0.3, 0.4) is 0 Å². The number of carbonyl (C=O) groups excluding carboxylic acids is 1. The van der Waals surface area contributed by atoms with E-state index in [2.05, 4.69) is 0 Å². The largest absolute Gasteiger partial charge is 0.480 e. The van der Waals surface area contributed by atoms with Gasteiger partial charge >= 0.3 is 5.97 Å². The molecule has 0 bridgehead atoms. The van der Waals surface area contributed by atoms with E-state index < -0.39 is 12.0 Å². The van der Waals surface area contributed by atoms with E-state index in [1.54, 1.807) is 0 Å². The summed E-state index contributed by atoms with van der Waals surface area (Å²) in [7, 11) is 0. The van der Waals surface area contributed by atoms with Gasteiger partial charge in [-0.2, -0.15) is 0 Å². The van der Waals surface area contributed by atoms with Crippen molar-refractivity contribution < 1.29 is 14.7 Å². The Morgan fingerprint density at radius 2 is 2.11 bits per heavy atom. The van der Waals surface area contributed by atoms with Gasteiger partial charge in [0.2, 0.25) is 0 Å². The second-order valence-electron chi connectivity index (χ2n) is 4.64. The summed E-state index contributed by atoms with van der Waals surface area (Å²) in [4.78, 5) is 25.6. The van der Waals surface area contributed by atoms with Crippen LogP contribution in [0.15, 0.2) is 30.3 Å². The van der Waals surface area contributed by atoms with Crippen LogP contribution in [0.5, 0.6) is 0 Å². The Morgan fingerprint density at radius 3 is 2.84 bits per heavy atom. The van der Waals surface area contributed by atoms with Crippen LogP contribution in [0.2, 0.25) is 0 Å². The molecule has 2 aromatic rings. The summed E-state index contributed by atoms with van der Waals surface area (Å²) in [6.07, 6.45) is 1.31. The summed E-state index contributed by atoms with van der Waals surface area (Å²) < 4.78 is 1.05. The van der Waals surface area contributed by atoms with Crippen LogP contribution in [-0.4, -0.2) is 34.5 Å². The Labute approximate surface area is 114 Å². The standard InChI is InChI=1S/C14H13NO3S/c16-13(15-7-3-5-10(15)14(17)18)12-8-9-4-1-2-6-11(9)19-12/h1-2,4,6,8,10H,3,5,7H2,(H,17,18)/t10-/m0/s1. The molecule has 1 N–H and O–H groups in total. The molecule has 3 rings (SSSR count). The SMILES string of the molecule is O=C(O)[C@@H]1CCCN1C(=O)c1cc2ccccc2s1. The van der Waals surface area contributed by atoms with E-state index in [-0.39, 0.29) is 5.91 Å². The fourth-order valence-corrected chi connectivity index (χ4v) is 3.51. The van der Waals surface area contributed by atoms with E-state index in [4.69, 9.17) is 5.11 Å². The van der Waals surface area contributed by atoms with Gasteiger partial charge in [-0.3, -0.25) is 4.79 Å². The highest BCUT2D eigenvalue weighted by Gasteiger charge is 2.34. The molecule has 0 aliphatic carbocycles. The Hall–Kier alpha value is -1.88. The number of amides is 1. The highest BCUT2D eigenvalue weighted by Crippen LogP contribution is 2.28. The molecule has 1 atom stereocenters. The van der Waals surface area contributed by atoms with Crippen molar-refractivity contribution in [3.8, 4) is 0 Å². The number of thiophene rings is 1. The van der Waals surface area contributed by atoms with E-state index in [1.807, 2.05) is 30.3 Å². The zero-order valence-corrected chi connectivity index (χ0v) is 11.0. The topological polar surface area (TPSA) is 57.6 Å². The molecular formula is C14H13NO3S. The number of hydrogen-bond acceptors (Lipinski definition) is 3. The molecule has 5 heteroatoms. The third-order valence-corrected chi connectivity index (χ3v) is 4.54. The van der Waals surface area contributed by atoms with Crippen LogP contribution >= 0.6 is 11.3 Å². The van der Waals surface area contributed by atoms with Gasteiger partial charge in [-0.1, -0.05) is 18.2 Å². The molecule has 1 aromatic heterocycles. The fourth-order valence-electron chi connectivity index (χ4n) is 2.50. The van der Waals surface area contributed by atoms with E-state index in [9.17, 15) is 9.59 Å². The van der Waals surface area contributed by atoms with Crippen LogP contribution in [0.25, 0.3) is 10.1 Å². The lowest BCUT2D eigenvalue weighted by Crippen LogP contribution is -2.40. The molecule has 0 spiro atoms. The van der Waals surface area contributed by atoms with Crippen molar-refractivity contribution in [3.05, 3.63) is 35.2 Å². The fraction of sp³-hybridized carbons (Fsp3) is 0.286. The molecule has 4 nitrogen and oxygen atoms in total. The summed E-state index contributed by atoms with van der Waals surface area (Å²) in [6, 6.07) is 8.97. The third kappa shape index (κ3) is 2.10. The maximum atomic E-state index is 12.4. The Morgan fingerprint density at radius 1 is 1.32 bits per heavy atom. The van der Waals surface area contributed by atoms with Crippen molar-refractivity contribution in [1.82, 2.24) is 4.90 Å². The molecule has 0 unspecified atom stereocenters. The number of hydrogen-bond donors (Lipinski definition) is 1. The molecule has 1 aliphatic heterocycles. The van der Waals surface area contributed by atoms with E-state index in [1.165, 1.54) is 16.2 Å². The van der Waals surface area contributed by atoms with Crippen LogP contribution < -0.4 is 0 Å². The first-order valence-electron chi connectivity index (χ1n) is 6.19. The Bertz CT molecular complexity index is 616. The van der Waals surface area contributed by atoms with Crippen molar-refractivity contribution >= 4 is 33.3 Å². The Kier molecular flexibility index (Phi) is 2.98. The van der Waals surface area contributed by atoms with Gasteiger partial charge in [0.15, 0.2) is 0 Å². The maximum absolute atomic E-state index is 12.4. The zero-order valence-electron chi connectivity index (χ0n) is 10.2. The van der Waals surface area contributed by atoms with Gasteiger partial charge in [0.1, 0.15) is 6.04 Å². The smallest absolute Gasteiger partial charge is 0.326 e. The third-order valence-electron chi connectivity index (χ3n) is 3.44. The van der Waals surface area contributed by atoms with Gasteiger partial charge < -0.3 is 10.0 Å². The summed E-state index contributed by atoms with van der Waals surface area (Å²) in [5.74, 6) is -1.07. The predicted octanol–water partition coefficient (Wildman–Crippen LogP) is 2.59. The summed E-state index contributed by atoms with van der Waals surface area (Å²) in [6.45, 7) is 0.532. The number of rotatable bonds is 2. The molecule has 98 valence electrons. The molecule has 1 saturated heterocycles. The van der Waals surface area contributed by atoms with Crippen LogP contribution in [-0.2, 0) is 4.79 Å². The van der Waals surface area contributed by atoms with Crippen molar-refractivity contribution in [3.63, 3.8) is 0 Å². The van der Waals surface area contributed by atoms with Crippen molar-refractivity contribution in [1.29, 1.82) is 0 Å². The number of benzene rings is 1. The average Bonchev–Trinajstić information content (AvgIpc) is 3.04. The van der Waals surface area contributed by atoms with Crippen molar-refractivity contribution in [2.45, 2.75) is 18.9 Å². The minimum atomic E-state index is -0.910. The van der Waals surface area contributed by atoms with E-state index in [0.29, 0.717) is 17.8 Å². The van der Waals surface area contributed by atoms with Gasteiger partial charge in [0.25, 0.3) is 5.91 Å². The number of nitrogens with zero attached hydrogens (tertiary/aromatic N) is 1. The first-order valence-corrected chi connectivity index (χ1v) is 7.01. The first-order chi connectivity index (χ1) is 9.16. The molecule has 1 aliphatic rings. The zero-order chi connectivity index (χ0) is 13.4. The quantitative estimate of drug-likeness (QED) is 0.916. The lowest BCUT2D eigenvalue weighted by atomic mass is 10.2. The van der Waals surface area contributed by atoms with Gasteiger partial charge in [0, 0.05) is 11.2 Å². The van der Waals surface area contributed by atoms with Gasteiger partial charge in [-0.25, -0.2) is 4.79 Å². The number of carbonyl (C=O) groups is 2. The number of fused-ring (bicyclic) bond motifs is 1. The van der Waals surface area contributed by atoms with Gasteiger partial charge in [0.05, 0.1) is 4.88 Å². The minimum absolute atomic E-state index is 0.161. The van der Waals surface area contributed by atoms with Crippen molar-refractivity contribution in [2.75, 3.05) is 6.54 Å². The van der Waals surface area contributed by atoms with E-state index in [0.717, 1.165) is 16.5 Å². The highest BCUT2D eigenvalue weighted by atomic mass is 32.1. The molecule has 0 saturated carbocycles. The molecule has 1 fully saturated rings. The van der Waals surface area contributed by atoms with Gasteiger partial charge in [-0.15, -0.1) is 11.3 Å². The molecular weight excluding hydrogens is 262 g/mol. The monoisotopic (exact) mass is 275 g/mol. The second kappa shape index (κ2) is 4.66. The number of carboxylic acid groups (broad SMARTS) is 1. The summed E-state index contributed by atoms with van der Waals surface area (Å²) in [5.41, 5.74) is 0. The van der Waals surface area contributed by atoms with Crippen LogP contribution in [0.1, 0.15) is 22.5 Å². The lowest BCUT2D eigenvalue weighted by molar-refractivity contribution is -0.141. The normalized spacial score (nSPS) is 18.9. The minimum Gasteiger partial charge on any atom is -0.480 e. The average molecular weight is 275 g/mol. The van der Waals surface area contributed by atoms with Crippen LogP contribution in [0.4, 0.5) is 0 Å². The molecule has 19 heavy (non-hydrogen) atoms. The van der Waals surface area contributed by atoms with Crippen molar-refractivity contribution in [2.24, 2.45) is 0 Å². The maximum Gasteiger partial charge on any atom is 0.326 e. The molecule has 1 aromatic carbocycles. The molecule has 2 heterocycles. The Balaban J connectivity index is 1.93. The predicted molar refractivity (Wildman–Crippen MR) is 73.5 cm³/mol. The highest BCUT2D eigenvalue weighted by molar-refractivity contribution is 7.20. The van der Waals surface area contributed by atoms with Gasteiger partial charge in [-0.05, 0) is 30.4 Å². The van der Waals surface area contributed by atoms with Crippen LogP contribution in [0, 0.1) is 0 Å². The first kappa shape index (κ1) is 12.2. The number of likely N-dealkylation sites (tertiary alicyclic amines) is 1. The summed E-state index contributed by atoms with van der Waals surface area (Å²) in [5, 5.41) is 10.2. The second-order valence-corrected chi connectivity index (χ2v) is 5.73. The lowest BCUT2D eigenvalue weighted by Gasteiger charge is -2.20.